The van der Waals surface area contributed by atoms with Crippen molar-refractivity contribution in [1.29, 1.82) is 0 Å². The van der Waals surface area contributed by atoms with Gasteiger partial charge >= 0.3 is 6.98 Å². The van der Waals surface area contributed by atoms with E-state index in [0.29, 0.717) is 0 Å². The standard InChI is InChI=1S/C32H28BN3/c1-23-21-31(34-22-24(23)2)36-30-20-11-10-19-29(30)35(3)33(36)32-27(25-13-6-4-7-14-25)17-12-18-28(32)26-15-8-5-9-16-26/h4-22H,1-3H3. The molecule has 0 unspecified atom stereocenters. The van der Waals surface area contributed by atoms with Gasteiger partial charge in [0.25, 0.3) is 0 Å². The number of nitrogens with zero attached hydrogens (tertiary/aromatic N) is 3. The second-order valence-corrected chi connectivity index (χ2v) is 9.47. The smallest absolute Gasteiger partial charge is 0.393 e. The summed E-state index contributed by atoms with van der Waals surface area (Å²) in [5.41, 5.74) is 11.0. The van der Waals surface area contributed by atoms with Crippen molar-refractivity contribution in [1.82, 2.24) is 4.98 Å². The number of anilines is 3. The molecule has 0 amide bonds. The van der Waals surface area contributed by atoms with Crippen molar-refractivity contribution < 1.29 is 0 Å². The lowest BCUT2D eigenvalue weighted by Crippen LogP contribution is -2.55. The molecule has 0 radical (unpaired) electrons. The van der Waals surface area contributed by atoms with Gasteiger partial charge in [-0.3, -0.25) is 0 Å². The van der Waals surface area contributed by atoms with Crippen molar-refractivity contribution in [3.63, 3.8) is 0 Å². The van der Waals surface area contributed by atoms with E-state index in [1.54, 1.807) is 0 Å². The first kappa shape index (κ1) is 22.2. The Hall–Kier alpha value is -4.31. The van der Waals surface area contributed by atoms with Gasteiger partial charge in [-0.2, -0.15) is 0 Å². The summed E-state index contributed by atoms with van der Waals surface area (Å²) in [4.78, 5) is 9.72. The van der Waals surface area contributed by atoms with Gasteiger partial charge in [-0.25, -0.2) is 4.98 Å². The first-order valence-corrected chi connectivity index (χ1v) is 12.4. The molecule has 6 rings (SSSR count). The molecule has 2 heterocycles. The molecular weight excluding hydrogens is 437 g/mol. The largest absolute Gasteiger partial charge is 0.418 e. The Kier molecular flexibility index (Phi) is 5.57. The van der Waals surface area contributed by atoms with E-state index in [1.165, 1.54) is 50.2 Å². The highest BCUT2D eigenvalue weighted by Gasteiger charge is 2.43. The SMILES string of the molecule is Cc1cnc(N2B(c3c(-c4ccccc4)cccc3-c3ccccc3)N(C)c3ccccc32)cc1C. The Labute approximate surface area is 213 Å². The average molecular weight is 465 g/mol. The Bertz CT molecular complexity index is 1470. The highest BCUT2D eigenvalue weighted by molar-refractivity contribution is 6.85. The average Bonchev–Trinajstić information content (AvgIpc) is 3.23. The van der Waals surface area contributed by atoms with Crippen LogP contribution in [0.25, 0.3) is 22.3 Å². The normalized spacial score (nSPS) is 12.7. The summed E-state index contributed by atoms with van der Waals surface area (Å²) in [5, 5.41) is 0. The fourth-order valence-corrected chi connectivity index (χ4v) is 5.30. The number of aryl methyl sites for hydroxylation is 2. The third kappa shape index (κ3) is 3.66. The van der Waals surface area contributed by atoms with Crippen LogP contribution >= 0.6 is 0 Å². The molecule has 1 aliphatic rings. The molecule has 174 valence electrons. The molecule has 0 fully saturated rings. The van der Waals surface area contributed by atoms with E-state index in [1.807, 2.05) is 6.20 Å². The lowest BCUT2D eigenvalue weighted by molar-refractivity contribution is 1.18. The van der Waals surface area contributed by atoms with Gasteiger partial charge in [0.1, 0.15) is 5.82 Å². The molecule has 0 saturated heterocycles. The Balaban J connectivity index is 1.66. The van der Waals surface area contributed by atoms with Gasteiger partial charge in [0.15, 0.2) is 0 Å². The molecule has 5 aromatic rings. The number of benzene rings is 4. The summed E-state index contributed by atoms with van der Waals surface area (Å²) in [7, 11) is 2.20. The zero-order valence-electron chi connectivity index (χ0n) is 20.9. The van der Waals surface area contributed by atoms with E-state index < -0.39 is 0 Å². The Morgan fingerprint density at radius 3 is 1.75 bits per heavy atom. The van der Waals surface area contributed by atoms with Crippen LogP contribution in [-0.4, -0.2) is 19.0 Å². The summed E-state index contributed by atoms with van der Waals surface area (Å²) < 4.78 is 0. The minimum absolute atomic E-state index is 0.0661. The van der Waals surface area contributed by atoms with Gasteiger partial charge in [-0.15, -0.1) is 0 Å². The first-order chi connectivity index (χ1) is 17.6. The molecule has 1 aromatic heterocycles. The van der Waals surface area contributed by atoms with E-state index in [0.717, 1.165) is 5.82 Å². The number of hydrogen-bond donors (Lipinski definition) is 0. The summed E-state index contributed by atoms with van der Waals surface area (Å²) in [6.07, 6.45) is 1.99. The molecule has 4 aromatic carbocycles. The molecule has 36 heavy (non-hydrogen) atoms. The van der Waals surface area contributed by atoms with Gasteiger partial charge in [0.2, 0.25) is 0 Å². The minimum Gasteiger partial charge on any atom is -0.393 e. The van der Waals surface area contributed by atoms with Gasteiger partial charge in [0.05, 0.1) is 5.69 Å². The van der Waals surface area contributed by atoms with Crippen molar-refractivity contribution in [2.75, 3.05) is 16.7 Å². The third-order valence-electron chi connectivity index (χ3n) is 7.27. The fourth-order valence-electron chi connectivity index (χ4n) is 5.30. The minimum atomic E-state index is -0.0661. The topological polar surface area (TPSA) is 19.4 Å². The molecule has 0 N–H and O–H groups in total. The summed E-state index contributed by atoms with van der Waals surface area (Å²) in [6.45, 7) is 4.21. The highest BCUT2D eigenvalue weighted by atomic mass is 15.3. The highest BCUT2D eigenvalue weighted by Crippen LogP contribution is 2.42. The van der Waals surface area contributed by atoms with Crippen molar-refractivity contribution in [3.05, 3.63) is 127 Å². The van der Waals surface area contributed by atoms with Crippen molar-refractivity contribution in [2.24, 2.45) is 0 Å². The number of para-hydroxylation sites is 2. The van der Waals surface area contributed by atoms with Crippen LogP contribution in [0.15, 0.2) is 115 Å². The second-order valence-electron chi connectivity index (χ2n) is 9.47. The van der Waals surface area contributed by atoms with Gasteiger partial charge in [-0.1, -0.05) is 91.0 Å². The molecule has 0 spiro atoms. The van der Waals surface area contributed by atoms with Crippen LogP contribution in [-0.2, 0) is 0 Å². The Morgan fingerprint density at radius 2 is 1.17 bits per heavy atom. The van der Waals surface area contributed by atoms with Crippen LogP contribution in [0.5, 0.6) is 0 Å². The van der Waals surface area contributed by atoms with E-state index in [9.17, 15) is 0 Å². The number of fused-ring (bicyclic) bond motifs is 1. The molecule has 0 aliphatic carbocycles. The molecule has 1 aliphatic heterocycles. The van der Waals surface area contributed by atoms with Crippen molar-refractivity contribution >= 4 is 29.6 Å². The van der Waals surface area contributed by atoms with E-state index in [4.69, 9.17) is 4.98 Å². The number of pyridine rings is 1. The van der Waals surface area contributed by atoms with Crippen LogP contribution < -0.4 is 15.1 Å². The quantitative estimate of drug-likeness (QED) is 0.266. The lowest BCUT2D eigenvalue weighted by Gasteiger charge is -2.30. The molecule has 0 bridgehead atoms. The van der Waals surface area contributed by atoms with Crippen LogP contribution in [0.2, 0.25) is 0 Å². The number of hydrogen-bond acceptors (Lipinski definition) is 3. The molecule has 0 saturated carbocycles. The molecule has 0 atom stereocenters. The maximum absolute atomic E-state index is 4.93. The third-order valence-corrected chi connectivity index (χ3v) is 7.27. The van der Waals surface area contributed by atoms with Gasteiger partial charge < -0.3 is 9.62 Å². The number of rotatable bonds is 4. The van der Waals surface area contributed by atoms with Crippen molar-refractivity contribution in [3.8, 4) is 22.3 Å². The summed E-state index contributed by atoms with van der Waals surface area (Å²) in [6, 6.07) is 39.0. The maximum Gasteiger partial charge on any atom is 0.418 e. The summed E-state index contributed by atoms with van der Waals surface area (Å²) >= 11 is 0. The molecule has 3 nitrogen and oxygen atoms in total. The lowest BCUT2D eigenvalue weighted by atomic mass is 9.60. The first-order valence-electron chi connectivity index (χ1n) is 12.4. The van der Waals surface area contributed by atoms with Gasteiger partial charge in [-0.05, 0) is 77.9 Å². The molecular formula is C32H28BN3. The van der Waals surface area contributed by atoms with Crippen LogP contribution in [0, 0.1) is 13.8 Å². The number of aromatic nitrogens is 1. The predicted octanol–water partition coefficient (Wildman–Crippen LogP) is 7.02. The zero-order valence-corrected chi connectivity index (χ0v) is 20.9. The van der Waals surface area contributed by atoms with Crippen LogP contribution in [0.3, 0.4) is 0 Å². The van der Waals surface area contributed by atoms with Crippen LogP contribution in [0.1, 0.15) is 11.1 Å². The van der Waals surface area contributed by atoms with E-state index >= 15 is 0 Å². The monoisotopic (exact) mass is 465 g/mol. The van der Waals surface area contributed by atoms with Crippen LogP contribution in [0.4, 0.5) is 17.2 Å². The van der Waals surface area contributed by atoms with Crippen molar-refractivity contribution in [2.45, 2.75) is 13.8 Å². The predicted molar refractivity (Wildman–Crippen MR) is 153 cm³/mol. The second kappa shape index (κ2) is 9.05. The van der Waals surface area contributed by atoms with Gasteiger partial charge in [0, 0.05) is 11.9 Å². The fraction of sp³-hybridized carbons (Fsp3) is 0.0938. The summed E-state index contributed by atoms with van der Waals surface area (Å²) in [5.74, 6) is 0.960. The Morgan fingerprint density at radius 1 is 0.611 bits per heavy atom. The van der Waals surface area contributed by atoms with E-state index in [-0.39, 0.29) is 6.98 Å². The zero-order chi connectivity index (χ0) is 24.6. The van der Waals surface area contributed by atoms with E-state index in [2.05, 4.69) is 140 Å². The molecule has 4 heteroatoms. The maximum atomic E-state index is 4.93.